The predicted octanol–water partition coefficient (Wildman–Crippen LogP) is 3.50. The third-order valence-corrected chi connectivity index (χ3v) is 5.09. The highest BCUT2D eigenvalue weighted by molar-refractivity contribution is 7.15. The zero-order valence-electron chi connectivity index (χ0n) is 12.9. The predicted molar refractivity (Wildman–Crippen MR) is 85.3 cm³/mol. The lowest BCUT2D eigenvalue weighted by Crippen LogP contribution is -2.47. The SMILES string of the molecule is Cc1nc(N2CCN(c3ncccc3C(F)(F)F)CC2)sc1C. The van der Waals surface area contributed by atoms with Crippen LogP contribution in [-0.2, 0) is 6.18 Å². The van der Waals surface area contributed by atoms with Gasteiger partial charge in [-0.3, -0.25) is 0 Å². The van der Waals surface area contributed by atoms with E-state index < -0.39 is 11.7 Å². The zero-order chi connectivity index (χ0) is 16.6. The summed E-state index contributed by atoms with van der Waals surface area (Å²) in [4.78, 5) is 13.5. The van der Waals surface area contributed by atoms with Crippen molar-refractivity contribution in [1.82, 2.24) is 9.97 Å². The lowest BCUT2D eigenvalue weighted by molar-refractivity contribution is -0.137. The van der Waals surface area contributed by atoms with Crippen molar-refractivity contribution in [1.29, 1.82) is 0 Å². The Labute approximate surface area is 136 Å². The van der Waals surface area contributed by atoms with E-state index in [9.17, 15) is 13.2 Å². The van der Waals surface area contributed by atoms with Gasteiger partial charge in [0.1, 0.15) is 5.82 Å². The summed E-state index contributed by atoms with van der Waals surface area (Å²) < 4.78 is 39.3. The molecule has 3 rings (SSSR count). The van der Waals surface area contributed by atoms with Crippen molar-refractivity contribution in [3.63, 3.8) is 0 Å². The second-order valence-corrected chi connectivity index (χ2v) is 6.67. The van der Waals surface area contributed by atoms with Crippen LogP contribution in [0.5, 0.6) is 0 Å². The molecule has 0 aliphatic carbocycles. The number of thiazole rings is 1. The van der Waals surface area contributed by atoms with E-state index in [0.717, 1.165) is 16.9 Å². The number of hydrogen-bond acceptors (Lipinski definition) is 5. The Morgan fingerprint density at radius 2 is 1.74 bits per heavy atom. The summed E-state index contributed by atoms with van der Waals surface area (Å²) in [6.07, 6.45) is -2.98. The molecule has 124 valence electrons. The molecule has 0 aromatic carbocycles. The Morgan fingerprint density at radius 1 is 1.09 bits per heavy atom. The lowest BCUT2D eigenvalue weighted by Gasteiger charge is -2.36. The molecule has 2 aromatic heterocycles. The van der Waals surface area contributed by atoms with Gasteiger partial charge in [0, 0.05) is 37.3 Å². The number of alkyl halides is 3. The van der Waals surface area contributed by atoms with Gasteiger partial charge in [0.25, 0.3) is 0 Å². The summed E-state index contributed by atoms with van der Waals surface area (Å²) in [5.74, 6) is 0.0196. The summed E-state index contributed by atoms with van der Waals surface area (Å²) in [5, 5.41) is 0.941. The van der Waals surface area contributed by atoms with Crippen molar-refractivity contribution in [2.24, 2.45) is 0 Å². The Balaban J connectivity index is 1.75. The van der Waals surface area contributed by atoms with Gasteiger partial charge >= 0.3 is 6.18 Å². The molecule has 1 saturated heterocycles. The van der Waals surface area contributed by atoms with Crippen molar-refractivity contribution >= 4 is 22.3 Å². The molecule has 0 N–H and O–H groups in total. The van der Waals surface area contributed by atoms with Gasteiger partial charge in [0.15, 0.2) is 5.13 Å². The first-order valence-electron chi connectivity index (χ1n) is 7.32. The fourth-order valence-corrected chi connectivity index (χ4v) is 3.53. The van der Waals surface area contributed by atoms with Crippen molar-refractivity contribution in [3.8, 4) is 0 Å². The van der Waals surface area contributed by atoms with Crippen LogP contribution in [0.25, 0.3) is 0 Å². The molecular weight excluding hydrogens is 325 g/mol. The minimum absolute atomic E-state index is 0.0196. The maximum atomic E-state index is 13.1. The third-order valence-electron chi connectivity index (χ3n) is 3.96. The molecule has 0 amide bonds. The van der Waals surface area contributed by atoms with Gasteiger partial charge in [-0.2, -0.15) is 13.2 Å². The molecular formula is C15H17F3N4S. The van der Waals surface area contributed by atoms with Crippen molar-refractivity contribution in [2.75, 3.05) is 36.0 Å². The Hall–Kier alpha value is -1.83. The normalized spacial score (nSPS) is 16.0. The highest BCUT2D eigenvalue weighted by Crippen LogP contribution is 2.35. The van der Waals surface area contributed by atoms with Crippen LogP contribution >= 0.6 is 11.3 Å². The van der Waals surface area contributed by atoms with Crippen LogP contribution < -0.4 is 9.80 Å². The number of hydrogen-bond donors (Lipinski definition) is 0. The van der Waals surface area contributed by atoms with Gasteiger partial charge in [-0.1, -0.05) is 0 Å². The molecule has 0 unspecified atom stereocenters. The number of nitrogens with zero attached hydrogens (tertiary/aromatic N) is 4. The summed E-state index contributed by atoms with van der Waals surface area (Å²) in [6.45, 7) is 6.27. The van der Waals surface area contributed by atoms with E-state index in [4.69, 9.17) is 0 Å². The number of anilines is 2. The van der Waals surface area contributed by atoms with Crippen molar-refractivity contribution in [2.45, 2.75) is 20.0 Å². The molecule has 0 spiro atoms. The quantitative estimate of drug-likeness (QED) is 0.836. The van der Waals surface area contributed by atoms with Crippen LogP contribution in [0.4, 0.5) is 24.1 Å². The topological polar surface area (TPSA) is 32.3 Å². The first-order chi connectivity index (χ1) is 10.9. The van der Waals surface area contributed by atoms with Gasteiger partial charge in [-0.25, -0.2) is 9.97 Å². The van der Waals surface area contributed by atoms with Crippen LogP contribution in [0.15, 0.2) is 18.3 Å². The standard InChI is InChI=1S/C15H17F3N4S/c1-10-11(2)23-14(20-10)22-8-6-21(7-9-22)13-12(15(16,17)18)4-3-5-19-13/h3-5H,6-9H2,1-2H3. The van der Waals surface area contributed by atoms with E-state index in [-0.39, 0.29) is 5.82 Å². The highest BCUT2D eigenvalue weighted by atomic mass is 32.1. The Kier molecular flexibility index (Phi) is 4.18. The van der Waals surface area contributed by atoms with E-state index in [0.29, 0.717) is 26.2 Å². The minimum Gasteiger partial charge on any atom is -0.353 e. The third kappa shape index (κ3) is 3.26. The number of rotatable bonds is 2. The summed E-state index contributed by atoms with van der Waals surface area (Å²) in [5.41, 5.74) is 0.339. The molecule has 1 aliphatic heterocycles. The number of aryl methyl sites for hydroxylation is 2. The first kappa shape index (κ1) is 16.0. The fraction of sp³-hybridized carbons (Fsp3) is 0.467. The first-order valence-corrected chi connectivity index (χ1v) is 8.14. The van der Waals surface area contributed by atoms with Crippen LogP contribution in [-0.4, -0.2) is 36.1 Å². The van der Waals surface area contributed by atoms with Crippen molar-refractivity contribution in [3.05, 3.63) is 34.5 Å². The van der Waals surface area contributed by atoms with E-state index in [1.54, 1.807) is 16.2 Å². The van der Waals surface area contributed by atoms with Gasteiger partial charge in [0.05, 0.1) is 11.3 Å². The van der Waals surface area contributed by atoms with Crippen LogP contribution in [0, 0.1) is 13.8 Å². The molecule has 1 fully saturated rings. The Bertz CT molecular complexity index is 671. The lowest BCUT2D eigenvalue weighted by atomic mass is 10.2. The Morgan fingerprint density at radius 3 is 2.30 bits per heavy atom. The molecule has 0 radical (unpaired) electrons. The van der Waals surface area contributed by atoms with E-state index in [2.05, 4.69) is 14.9 Å². The molecule has 23 heavy (non-hydrogen) atoms. The molecule has 1 aliphatic rings. The van der Waals surface area contributed by atoms with E-state index in [1.807, 2.05) is 13.8 Å². The maximum absolute atomic E-state index is 13.1. The summed E-state index contributed by atoms with van der Waals surface area (Å²) >= 11 is 1.63. The van der Waals surface area contributed by atoms with Crippen LogP contribution in [0.2, 0.25) is 0 Å². The highest BCUT2D eigenvalue weighted by Gasteiger charge is 2.36. The number of halogens is 3. The van der Waals surface area contributed by atoms with Gasteiger partial charge in [0.2, 0.25) is 0 Å². The molecule has 0 atom stereocenters. The number of aromatic nitrogens is 2. The van der Waals surface area contributed by atoms with Gasteiger partial charge in [-0.15, -0.1) is 11.3 Å². The minimum atomic E-state index is -4.38. The van der Waals surface area contributed by atoms with Crippen molar-refractivity contribution < 1.29 is 13.2 Å². The second kappa shape index (κ2) is 5.99. The smallest absolute Gasteiger partial charge is 0.353 e. The molecule has 0 saturated carbocycles. The molecule has 8 heteroatoms. The zero-order valence-corrected chi connectivity index (χ0v) is 13.7. The number of pyridine rings is 1. The molecule has 2 aromatic rings. The van der Waals surface area contributed by atoms with Crippen LogP contribution in [0.3, 0.4) is 0 Å². The second-order valence-electron chi connectivity index (χ2n) is 5.48. The number of piperazine rings is 1. The largest absolute Gasteiger partial charge is 0.419 e. The van der Waals surface area contributed by atoms with Crippen LogP contribution in [0.1, 0.15) is 16.1 Å². The summed E-state index contributed by atoms with van der Waals surface area (Å²) in [6, 6.07) is 2.41. The summed E-state index contributed by atoms with van der Waals surface area (Å²) in [7, 11) is 0. The van der Waals surface area contributed by atoms with Gasteiger partial charge < -0.3 is 9.80 Å². The molecule has 3 heterocycles. The van der Waals surface area contributed by atoms with E-state index >= 15 is 0 Å². The van der Waals surface area contributed by atoms with E-state index in [1.165, 1.54) is 17.1 Å². The average Bonchev–Trinajstić information content (AvgIpc) is 2.86. The molecule has 0 bridgehead atoms. The molecule has 4 nitrogen and oxygen atoms in total. The monoisotopic (exact) mass is 342 g/mol. The maximum Gasteiger partial charge on any atom is 0.419 e. The average molecular weight is 342 g/mol. The fourth-order valence-electron chi connectivity index (χ4n) is 2.57. The van der Waals surface area contributed by atoms with Gasteiger partial charge in [-0.05, 0) is 26.0 Å².